The molecule has 2 aromatic rings. The van der Waals surface area contributed by atoms with Gasteiger partial charge in [-0.25, -0.2) is 8.42 Å². The van der Waals surface area contributed by atoms with Crippen LogP contribution in [0.15, 0.2) is 48.5 Å². The maximum absolute atomic E-state index is 13.8. The van der Waals surface area contributed by atoms with E-state index in [0.717, 1.165) is 48.6 Å². The predicted molar refractivity (Wildman–Crippen MR) is 149 cm³/mol. The van der Waals surface area contributed by atoms with Crippen LogP contribution in [0.25, 0.3) is 0 Å². The maximum Gasteiger partial charge on any atom is 0.244 e. The van der Waals surface area contributed by atoms with Crippen LogP contribution >= 0.6 is 0 Å². The number of anilines is 1. The summed E-state index contributed by atoms with van der Waals surface area (Å²) in [6.45, 7) is 5.58. The number of benzene rings is 2. The molecule has 2 amide bonds. The van der Waals surface area contributed by atoms with E-state index in [9.17, 15) is 18.0 Å². The van der Waals surface area contributed by atoms with Gasteiger partial charge in [-0.3, -0.25) is 13.9 Å². The molecular formula is C29H41N3O4S. The lowest BCUT2D eigenvalue weighted by Gasteiger charge is -2.34. The van der Waals surface area contributed by atoms with Gasteiger partial charge in [-0.15, -0.1) is 0 Å². The van der Waals surface area contributed by atoms with Crippen LogP contribution in [-0.4, -0.2) is 56.6 Å². The Labute approximate surface area is 222 Å². The van der Waals surface area contributed by atoms with Crippen molar-refractivity contribution in [2.24, 2.45) is 0 Å². The second-order valence-corrected chi connectivity index (χ2v) is 12.1. The smallest absolute Gasteiger partial charge is 0.244 e. The van der Waals surface area contributed by atoms with Crippen molar-refractivity contribution in [2.45, 2.75) is 77.8 Å². The highest BCUT2D eigenvalue weighted by Crippen LogP contribution is 2.25. The van der Waals surface area contributed by atoms with Crippen molar-refractivity contribution in [1.29, 1.82) is 0 Å². The molecule has 7 nitrogen and oxygen atoms in total. The van der Waals surface area contributed by atoms with Gasteiger partial charge in [-0.1, -0.05) is 68.7 Å². The number of nitrogens with zero attached hydrogens (tertiary/aromatic N) is 2. The van der Waals surface area contributed by atoms with Crippen LogP contribution in [0.4, 0.5) is 5.69 Å². The summed E-state index contributed by atoms with van der Waals surface area (Å²) >= 11 is 0. The minimum atomic E-state index is -3.74. The maximum atomic E-state index is 13.8. The summed E-state index contributed by atoms with van der Waals surface area (Å²) in [6.07, 6.45) is 7.41. The zero-order chi connectivity index (χ0) is 27.0. The number of carbonyl (C=O) groups excluding carboxylic acids is 2. The molecule has 1 aliphatic carbocycles. The van der Waals surface area contributed by atoms with E-state index in [-0.39, 0.29) is 24.4 Å². The van der Waals surface area contributed by atoms with Crippen LogP contribution in [0.2, 0.25) is 0 Å². The monoisotopic (exact) mass is 527 g/mol. The number of nitrogens with one attached hydrogen (secondary N) is 1. The number of hydrogen-bond donors (Lipinski definition) is 1. The Hall–Kier alpha value is -2.87. The third-order valence-electron chi connectivity index (χ3n) is 7.13. The first-order valence-electron chi connectivity index (χ1n) is 13.3. The van der Waals surface area contributed by atoms with Gasteiger partial charge in [0.1, 0.15) is 12.6 Å². The van der Waals surface area contributed by atoms with E-state index in [0.29, 0.717) is 25.1 Å². The molecule has 0 saturated heterocycles. The second kappa shape index (κ2) is 13.1. The summed E-state index contributed by atoms with van der Waals surface area (Å²) in [6, 6.07) is 14.8. The van der Waals surface area contributed by atoms with Gasteiger partial charge >= 0.3 is 0 Å². The van der Waals surface area contributed by atoms with Crippen molar-refractivity contribution in [3.63, 3.8) is 0 Å². The quantitative estimate of drug-likeness (QED) is 0.470. The van der Waals surface area contributed by atoms with Gasteiger partial charge in [0, 0.05) is 12.6 Å². The Morgan fingerprint density at radius 3 is 2.32 bits per heavy atom. The van der Waals surface area contributed by atoms with E-state index in [2.05, 4.69) is 5.32 Å². The molecule has 37 heavy (non-hydrogen) atoms. The van der Waals surface area contributed by atoms with Gasteiger partial charge in [0.2, 0.25) is 21.8 Å². The molecule has 0 aromatic heterocycles. The Morgan fingerprint density at radius 2 is 1.70 bits per heavy atom. The Kier molecular flexibility index (Phi) is 10.1. The molecule has 1 fully saturated rings. The van der Waals surface area contributed by atoms with Crippen LogP contribution in [0.3, 0.4) is 0 Å². The summed E-state index contributed by atoms with van der Waals surface area (Å²) in [5, 5.41) is 3.17. The Balaban J connectivity index is 1.88. The van der Waals surface area contributed by atoms with Gasteiger partial charge in [0.25, 0.3) is 0 Å². The molecule has 0 radical (unpaired) electrons. The molecule has 1 atom stereocenters. The van der Waals surface area contributed by atoms with E-state index in [1.54, 1.807) is 11.0 Å². The fourth-order valence-electron chi connectivity index (χ4n) is 5.02. The zero-order valence-corrected chi connectivity index (χ0v) is 23.4. The number of sulfonamides is 1. The van der Waals surface area contributed by atoms with Crippen LogP contribution in [0, 0.1) is 13.8 Å². The molecule has 202 valence electrons. The van der Waals surface area contributed by atoms with E-state index >= 15 is 0 Å². The first-order valence-corrected chi connectivity index (χ1v) is 15.1. The molecule has 3 rings (SSSR count). The van der Waals surface area contributed by atoms with E-state index in [1.807, 2.05) is 63.2 Å². The molecule has 0 aliphatic heterocycles. The Morgan fingerprint density at radius 1 is 1.03 bits per heavy atom. The summed E-state index contributed by atoms with van der Waals surface area (Å²) in [7, 11) is -3.74. The third kappa shape index (κ3) is 8.06. The normalized spacial score (nSPS) is 15.1. The summed E-state index contributed by atoms with van der Waals surface area (Å²) in [4.78, 5) is 28.8. The molecule has 0 heterocycles. The van der Waals surface area contributed by atoms with E-state index < -0.39 is 16.1 Å². The first-order chi connectivity index (χ1) is 17.6. The van der Waals surface area contributed by atoms with Crippen LogP contribution in [0.5, 0.6) is 0 Å². The molecule has 1 aliphatic rings. The van der Waals surface area contributed by atoms with Gasteiger partial charge in [-0.05, 0) is 62.3 Å². The summed E-state index contributed by atoms with van der Waals surface area (Å²) < 4.78 is 26.9. The minimum Gasteiger partial charge on any atom is -0.352 e. The van der Waals surface area contributed by atoms with Gasteiger partial charge in [0.15, 0.2) is 0 Å². The standard InChI is InChI=1S/C29H41N3O4S/c1-5-26(29(34)30-25-14-10-7-11-15-25)31(19-18-24-12-8-6-9-13-24)28(33)21-32(37(4,35)36)27-20-22(2)16-17-23(27)3/h6,8-9,12-13,16-17,20,25-26H,5,7,10-11,14-15,18-19,21H2,1-4H3,(H,30,34)/t26-/m1/s1. The van der Waals surface area contributed by atoms with Crippen molar-refractivity contribution in [1.82, 2.24) is 10.2 Å². The third-order valence-corrected chi connectivity index (χ3v) is 8.26. The fraction of sp³-hybridized carbons (Fsp3) is 0.517. The Bertz CT molecular complexity index is 1160. The van der Waals surface area contributed by atoms with Crippen molar-refractivity contribution >= 4 is 27.5 Å². The number of carbonyl (C=O) groups is 2. The summed E-state index contributed by atoms with van der Waals surface area (Å²) in [5.41, 5.74) is 3.21. The molecule has 1 saturated carbocycles. The second-order valence-electron chi connectivity index (χ2n) is 10.1. The first kappa shape index (κ1) is 28.7. The van der Waals surface area contributed by atoms with Crippen molar-refractivity contribution in [3.8, 4) is 0 Å². The lowest BCUT2D eigenvalue weighted by Crippen LogP contribution is -2.54. The molecule has 8 heteroatoms. The largest absolute Gasteiger partial charge is 0.352 e. The number of hydrogen-bond acceptors (Lipinski definition) is 4. The molecule has 0 spiro atoms. The average molecular weight is 528 g/mol. The zero-order valence-electron chi connectivity index (χ0n) is 22.6. The average Bonchev–Trinajstić information content (AvgIpc) is 2.87. The molecule has 0 bridgehead atoms. The number of amides is 2. The summed E-state index contributed by atoms with van der Waals surface area (Å²) in [5.74, 6) is -0.540. The van der Waals surface area contributed by atoms with Crippen molar-refractivity contribution in [2.75, 3.05) is 23.7 Å². The predicted octanol–water partition coefficient (Wildman–Crippen LogP) is 4.37. The van der Waals surface area contributed by atoms with Gasteiger partial charge < -0.3 is 10.2 Å². The van der Waals surface area contributed by atoms with Crippen molar-refractivity contribution < 1.29 is 18.0 Å². The molecule has 1 N–H and O–H groups in total. The molecular weight excluding hydrogens is 486 g/mol. The number of aryl methyl sites for hydroxylation is 2. The van der Waals surface area contributed by atoms with Gasteiger partial charge in [0.05, 0.1) is 11.9 Å². The van der Waals surface area contributed by atoms with E-state index in [4.69, 9.17) is 0 Å². The highest BCUT2D eigenvalue weighted by atomic mass is 32.2. The molecule has 0 unspecified atom stereocenters. The van der Waals surface area contributed by atoms with E-state index in [1.165, 1.54) is 10.7 Å². The van der Waals surface area contributed by atoms with Crippen molar-refractivity contribution in [3.05, 3.63) is 65.2 Å². The van der Waals surface area contributed by atoms with Crippen LogP contribution < -0.4 is 9.62 Å². The van der Waals surface area contributed by atoms with Gasteiger partial charge in [-0.2, -0.15) is 0 Å². The molecule has 2 aromatic carbocycles. The SMILES string of the molecule is CC[C@H](C(=O)NC1CCCCC1)N(CCc1ccccc1)C(=O)CN(c1cc(C)ccc1C)S(C)(=O)=O. The minimum absolute atomic E-state index is 0.129. The lowest BCUT2D eigenvalue weighted by molar-refractivity contribution is -0.140. The topological polar surface area (TPSA) is 86.8 Å². The van der Waals surface area contributed by atoms with Crippen LogP contribution in [-0.2, 0) is 26.0 Å². The lowest BCUT2D eigenvalue weighted by atomic mass is 9.95. The fourth-order valence-corrected chi connectivity index (χ4v) is 5.92. The highest BCUT2D eigenvalue weighted by Gasteiger charge is 2.32. The highest BCUT2D eigenvalue weighted by molar-refractivity contribution is 7.92. The number of rotatable bonds is 11. The van der Waals surface area contributed by atoms with Crippen LogP contribution in [0.1, 0.15) is 62.1 Å².